The Morgan fingerprint density at radius 1 is 1.03 bits per heavy atom. The number of hydrogen-bond acceptors (Lipinski definition) is 4. The van der Waals surface area contributed by atoms with E-state index in [9.17, 15) is 9.59 Å². The van der Waals surface area contributed by atoms with E-state index in [0.717, 1.165) is 4.88 Å². The molecule has 0 aliphatic heterocycles. The Hall–Kier alpha value is -3.33. The number of nitrogens with zero attached hydrogens (tertiary/aromatic N) is 2. The standard InChI is InChI=1S/C22H16Cl2N4O3S/c23-15-3-1-4-16(21(15)24)25-22(31)26-19-12-17(18-5-2-10-32-18)27-28(19)14-8-6-13(7-9-14)11-20(29)30/h1-10,12H,11H2,(H,29,30)(H2,25,26,31). The van der Waals surface area contributed by atoms with Crippen LogP contribution in [0, 0.1) is 0 Å². The SMILES string of the molecule is O=C(O)Cc1ccc(-n2nc(-c3cccs3)cc2NC(=O)Nc2cccc(Cl)c2Cl)cc1. The molecule has 0 unspecified atom stereocenters. The highest BCUT2D eigenvalue weighted by Gasteiger charge is 2.16. The van der Waals surface area contributed by atoms with Crippen LogP contribution in [-0.4, -0.2) is 26.9 Å². The molecule has 2 heterocycles. The molecule has 4 rings (SSSR count). The monoisotopic (exact) mass is 486 g/mol. The highest BCUT2D eigenvalue weighted by atomic mass is 35.5. The molecule has 162 valence electrons. The van der Waals surface area contributed by atoms with Gasteiger partial charge in [0.15, 0.2) is 0 Å². The van der Waals surface area contributed by atoms with Gasteiger partial charge in [0, 0.05) is 6.07 Å². The Bertz CT molecular complexity index is 1270. The van der Waals surface area contributed by atoms with Crippen LogP contribution in [0.25, 0.3) is 16.3 Å². The van der Waals surface area contributed by atoms with E-state index in [1.165, 1.54) is 11.3 Å². The average molecular weight is 487 g/mol. The Labute approximate surface area is 197 Å². The second-order valence-corrected chi connectivity index (χ2v) is 8.45. The number of hydrogen-bond donors (Lipinski definition) is 3. The minimum absolute atomic E-state index is 0.0757. The molecule has 2 aromatic heterocycles. The molecular formula is C22H16Cl2N4O3S. The molecule has 2 amide bonds. The van der Waals surface area contributed by atoms with Crippen molar-refractivity contribution in [1.82, 2.24) is 9.78 Å². The third-order valence-electron chi connectivity index (χ3n) is 4.46. The molecule has 0 aliphatic carbocycles. The van der Waals surface area contributed by atoms with E-state index in [4.69, 9.17) is 28.3 Å². The number of halogens is 2. The lowest BCUT2D eigenvalue weighted by Crippen LogP contribution is -2.21. The fourth-order valence-electron chi connectivity index (χ4n) is 3.01. The number of carboxylic acid groups (broad SMARTS) is 1. The maximum atomic E-state index is 12.7. The molecule has 0 spiro atoms. The number of thiophene rings is 1. The lowest BCUT2D eigenvalue weighted by molar-refractivity contribution is -0.136. The summed E-state index contributed by atoms with van der Waals surface area (Å²) in [6.45, 7) is 0. The molecule has 3 N–H and O–H groups in total. The largest absolute Gasteiger partial charge is 0.481 e. The molecule has 0 radical (unpaired) electrons. The van der Waals surface area contributed by atoms with Crippen molar-refractivity contribution < 1.29 is 14.7 Å². The van der Waals surface area contributed by atoms with Gasteiger partial charge in [0.2, 0.25) is 0 Å². The van der Waals surface area contributed by atoms with Gasteiger partial charge in [-0.3, -0.25) is 10.1 Å². The van der Waals surface area contributed by atoms with Gasteiger partial charge in [0.25, 0.3) is 0 Å². The quantitative estimate of drug-likeness (QED) is 0.303. The number of carbonyl (C=O) groups is 2. The third kappa shape index (κ3) is 4.94. The number of nitrogens with one attached hydrogen (secondary N) is 2. The van der Waals surface area contributed by atoms with Crippen molar-refractivity contribution in [3.05, 3.63) is 81.7 Å². The van der Waals surface area contributed by atoms with Gasteiger partial charge in [-0.2, -0.15) is 5.10 Å². The number of aromatic nitrogens is 2. The maximum Gasteiger partial charge on any atom is 0.324 e. The summed E-state index contributed by atoms with van der Waals surface area (Å²) in [5.74, 6) is -0.481. The van der Waals surface area contributed by atoms with Gasteiger partial charge in [-0.25, -0.2) is 9.48 Å². The molecule has 2 aromatic carbocycles. The lowest BCUT2D eigenvalue weighted by atomic mass is 10.1. The number of urea groups is 1. The number of rotatable bonds is 6. The normalized spacial score (nSPS) is 10.7. The molecule has 0 fully saturated rings. The number of carboxylic acids is 1. The van der Waals surface area contributed by atoms with Crippen molar-refractivity contribution >= 4 is 58.0 Å². The first-order chi connectivity index (χ1) is 15.4. The zero-order valence-corrected chi connectivity index (χ0v) is 18.7. The molecule has 0 bridgehead atoms. The molecule has 10 heteroatoms. The first-order valence-corrected chi connectivity index (χ1v) is 11.0. The van der Waals surface area contributed by atoms with Crippen LogP contribution in [0.1, 0.15) is 5.56 Å². The maximum absolute atomic E-state index is 12.7. The van der Waals surface area contributed by atoms with Gasteiger partial charge in [0.05, 0.1) is 32.7 Å². The highest BCUT2D eigenvalue weighted by molar-refractivity contribution is 7.13. The topological polar surface area (TPSA) is 96.2 Å². The van der Waals surface area contributed by atoms with E-state index in [2.05, 4.69) is 15.7 Å². The summed E-state index contributed by atoms with van der Waals surface area (Å²) >= 11 is 13.7. The predicted octanol–water partition coefficient (Wildman–Crippen LogP) is 6.18. The number of benzene rings is 2. The minimum atomic E-state index is -0.907. The lowest BCUT2D eigenvalue weighted by Gasteiger charge is -2.11. The third-order valence-corrected chi connectivity index (χ3v) is 6.17. The van der Waals surface area contributed by atoms with E-state index < -0.39 is 12.0 Å². The first kappa shape index (κ1) is 21.9. The van der Waals surface area contributed by atoms with E-state index in [-0.39, 0.29) is 11.4 Å². The smallest absolute Gasteiger partial charge is 0.324 e. The summed E-state index contributed by atoms with van der Waals surface area (Å²) in [5.41, 5.74) is 2.39. The van der Waals surface area contributed by atoms with Gasteiger partial charge in [-0.05, 0) is 41.3 Å². The van der Waals surface area contributed by atoms with Crippen LogP contribution in [-0.2, 0) is 11.2 Å². The van der Waals surface area contributed by atoms with Crippen LogP contribution in [0.2, 0.25) is 10.0 Å². The van der Waals surface area contributed by atoms with Crippen LogP contribution >= 0.6 is 34.5 Å². The Balaban J connectivity index is 1.63. The number of anilines is 2. The fraction of sp³-hybridized carbons (Fsp3) is 0.0455. The average Bonchev–Trinajstić information content (AvgIpc) is 3.42. The molecular weight excluding hydrogens is 471 g/mol. The predicted molar refractivity (Wildman–Crippen MR) is 127 cm³/mol. The Morgan fingerprint density at radius 2 is 1.81 bits per heavy atom. The minimum Gasteiger partial charge on any atom is -0.481 e. The molecule has 0 atom stereocenters. The number of aliphatic carboxylic acids is 1. The van der Waals surface area contributed by atoms with Crippen molar-refractivity contribution in [1.29, 1.82) is 0 Å². The summed E-state index contributed by atoms with van der Waals surface area (Å²) in [4.78, 5) is 24.6. The van der Waals surface area contributed by atoms with Crippen molar-refractivity contribution in [2.24, 2.45) is 0 Å². The van der Waals surface area contributed by atoms with Crippen LogP contribution < -0.4 is 10.6 Å². The Kier molecular flexibility index (Phi) is 6.45. The molecule has 32 heavy (non-hydrogen) atoms. The zero-order chi connectivity index (χ0) is 22.7. The van der Waals surface area contributed by atoms with Crippen molar-refractivity contribution in [2.75, 3.05) is 10.6 Å². The fourth-order valence-corrected chi connectivity index (χ4v) is 4.04. The van der Waals surface area contributed by atoms with Gasteiger partial charge in [-0.1, -0.05) is 47.5 Å². The van der Waals surface area contributed by atoms with Gasteiger partial charge in [0.1, 0.15) is 11.5 Å². The van der Waals surface area contributed by atoms with Crippen LogP contribution in [0.4, 0.5) is 16.3 Å². The van der Waals surface area contributed by atoms with E-state index >= 15 is 0 Å². The second kappa shape index (κ2) is 9.44. The van der Waals surface area contributed by atoms with E-state index in [1.54, 1.807) is 53.2 Å². The molecule has 7 nitrogen and oxygen atoms in total. The van der Waals surface area contributed by atoms with Gasteiger partial charge in [-0.15, -0.1) is 11.3 Å². The summed E-state index contributed by atoms with van der Waals surface area (Å²) < 4.78 is 1.58. The Morgan fingerprint density at radius 3 is 2.50 bits per heavy atom. The highest BCUT2D eigenvalue weighted by Crippen LogP contribution is 2.31. The molecule has 0 saturated carbocycles. The van der Waals surface area contributed by atoms with Gasteiger partial charge >= 0.3 is 12.0 Å². The van der Waals surface area contributed by atoms with Crippen molar-refractivity contribution in [3.8, 4) is 16.3 Å². The number of amides is 2. The zero-order valence-electron chi connectivity index (χ0n) is 16.4. The number of carbonyl (C=O) groups excluding carboxylic acids is 1. The summed E-state index contributed by atoms with van der Waals surface area (Å²) in [5, 5.41) is 21.6. The molecule has 0 aliphatic rings. The van der Waals surface area contributed by atoms with E-state index in [1.807, 2.05) is 17.5 Å². The summed E-state index contributed by atoms with van der Waals surface area (Å²) in [7, 11) is 0. The van der Waals surface area contributed by atoms with Crippen molar-refractivity contribution in [3.63, 3.8) is 0 Å². The van der Waals surface area contributed by atoms with Crippen molar-refractivity contribution in [2.45, 2.75) is 6.42 Å². The summed E-state index contributed by atoms with van der Waals surface area (Å²) in [6, 6.07) is 17.0. The van der Waals surface area contributed by atoms with Gasteiger partial charge < -0.3 is 10.4 Å². The molecule has 4 aromatic rings. The van der Waals surface area contributed by atoms with Crippen LogP contribution in [0.5, 0.6) is 0 Å². The molecule has 0 saturated heterocycles. The second-order valence-electron chi connectivity index (χ2n) is 6.72. The van der Waals surface area contributed by atoms with E-state index in [0.29, 0.717) is 33.5 Å². The first-order valence-electron chi connectivity index (χ1n) is 9.38. The van der Waals surface area contributed by atoms with Crippen LogP contribution in [0.15, 0.2) is 66.0 Å². The summed E-state index contributed by atoms with van der Waals surface area (Å²) in [6.07, 6.45) is -0.0757. The van der Waals surface area contributed by atoms with Crippen LogP contribution in [0.3, 0.4) is 0 Å².